The molecule has 0 aromatic heterocycles. The lowest BCUT2D eigenvalue weighted by Crippen LogP contribution is -2.42. The van der Waals surface area contributed by atoms with Crippen LogP contribution in [0.2, 0.25) is 0 Å². The first-order valence-electron chi connectivity index (χ1n) is 6.52. The lowest BCUT2D eigenvalue weighted by molar-refractivity contribution is 0.104. The molecule has 1 spiro atoms. The summed E-state index contributed by atoms with van der Waals surface area (Å²) in [4.78, 5) is 1.68. The van der Waals surface area contributed by atoms with E-state index >= 15 is 0 Å². The molecule has 0 nitrogen and oxygen atoms in total. The third-order valence-electron chi connectivity index (χ3n) is 4.97. The van der Waals surface area contributed by atoms with Gasteiger partial charge in [0.15, 0.2) is 0 Å². The predicted molar refractivity (Wildman–Crippen MR) is 67.9 cm³/mol. The Hall–Kier alpha value is 0.0900. The zero-order chi connectivity index (χ0) is 10.6. The second-order valence-electron chi connectivity index (χ2n) is 6.00. The van der Waals surface area contributed by atoms with Crippen LogP contribution in [0, 0.1) is 17.3 Å². The fraction of sp³-hybridized carbons (Fsp3) is 0.857. The van der Waals surface area contributed by atoms with Crippen LogP contribution in [0.1, 0.15) is 52.9 Å². The summed E-state index contributed by atoms with van der Waals surface area (Å²) in [5.74, 6) is 2.04. The van der Waals surface area contributed by atoms with Crippen LogP contribution >= 0.6 is 11.8 Å². The molecular formula is C14H22S. The number of hydrogen-bond donors (Lipinski definition) is 0. The maximum Gasteiger partial charge on any atom is 0.0188 e. The molecule has 2 unspecified atom stereocenters. The van der Waals surface area contributed by atoms with Crippen LogP contribution < -0.4 is 0 Å². The molecule has 3 aliphatic carbocycles. The minimum Gasteiger partial charge on any atom is -0.127 e. The molecule has 2 bridgehead atoms. The maximum absolute atomic E-state index is 2.47. The first kappa shape index (κ1) is 10.3. The van der Waals surface area contributed by atoms with E-state index in [9.17, 15) is 0 Å². The Bertz CT molecular complexity index is 309. The van der Waals surface area contributed by atoms with Crippen molar-refractivity contribution in [1.82, 2.24) is 0 Å². The van der Waals surface area contributed by atoms with E-state index in [1.165, 1.54) is 32.1 Å². The average Bonchev–Trinajstić information content (AvgIpc) is 2.25. The van der Waals surface area contributed by atoms with Gasteiger partial charge in [-0.25, -0.2) is 0 Å². The van der Waals surface area contributed by atoms with Crippen molar-refractivity contribution in [2.24, 2.45) is 17.3 Å². The fourth-order valence-corrected chi connectivity index (χ4v) is 6.40. The Morgan fingerprint density at radius 3 is 2.73 bits per heavy atom. The molecule has 84 valence electrons. The third-order valence-corrected chi connectivity index (χ3v) is 6.50. The van der Waals surface area contributed by atoms with Crippen molar-refractivity contribution in [1.29, 1.82) is 0 Å². The number of fused-ring (bicyclic) bond motifs is 2. The second kappa shape index (κ2) is 3.29. The normalized spacial score (nSPS) is 48.6. The molecule has 0 saturated heterocycles. The lowest BCUT2D eigenvalue weighted by Gasteiger charge is -2.48. The molecule has 4 rings (SSSR count). The van der Waals surface area contributed by atoms with Crippen molar-refractivity contribution < 1.29 is 0 Å². The molecule has 0 N–H and O–H groups in total. The molecule has 0 aromatic rings. The van der Waals surface area contributed by atoms with Crippen molar-refractivity contribution in [3.63, 3.8) is 0 Å². The van der Waals surface area contributed by atoms with Crippen LogP contribution in [0.4, 0.5) is 0 Å². The molecule has 0 aromatic carbocycles. The molecule has 0 amide bonds. The van der Waals surface area contributed by atoms with Crippen molar-refractivity contribution in [3.8, 4) is 0 Å². The van der Waals surface area contributed by atoms with E-state index in [2.05, 4.69) is 32.5 Å². The molecule has 1 aliphatic heterocycles. The largest absolute Gasteiger partial charge is 0.127 e. The van der Waals surface area contributed by atoms with Gasteiger partial charge in [-0.05, 0) is 55.8 Å². The van der Waals surface area contributed by atoms with E-state index in [-0.39, 0.29) is 0 Å². The van der Waals surface area contributed by atoms with E-state index < -0.39 is 0 Å². The van der Waals surface area contributed by atoms with Crippen LogP contribution in [0.5, 0.6) is 0 Å². The number of allylic oxidation sites excluding steroid dienone is 2. The van der Waals surface area contributed by atoms with Crippen molar-refractivity contribution >= 4 is 11.8 Å². The Labute approximate surface area is 97.9 Å². The highest BCUT2D eigenvalue weighted by Gasteiger charge is 2.57. The summed E-state index contributed by atoms with van der Waals surface area (Å²) in [5, 5.41) is 0.946. The Morgan fingerprint density at radius 1 is 1.33 bits per heavy atom. The first-order chi connectivity index (χ1) is 7.15. The van der Waals surface area contributed by atoms with E-state index in [0.717, 1.165) is 17.1 Å². The minimum absolute atomic E-state index is 0.679. The van der Waals surface area contributed by atoms with E-state index in [0.29, 0.717) is 5.41 Å². The standard InChI is InChI=1S/C14H22S/c1-4-12-10(3)15-13-6-9(2)5-11-7-14(12,13)8-11/h9,11,13H,4-8H2,1-3H3. The van der Waals surface area contributed by atoms with Gasteiger partial charge in [0.1, 0.15) is 0 Å². The zero-order valence-electron chi connectivity index (χ0n) is 10.2. The summed E-state index contributed by atoms with van der Waals surface area (Å²) < 4.78 is 0. The monoisotopic (exact) mass is 222 g/mol. The van der Waals surface area contributed by atoms with Crippen molar-refractivity contribution in [2.75, 3.05) is 0 Å². The van der Waals surface area contributed by atoms with Gasteiger partial charge in [0.05, 0.1) is 0 Å². The summed E-state index contributed by atoms with van der Waals surface area (Å²) in [6, 6.07) is 0. The van der Waals surface area contributed by atoms with Crippen molar-refractivity contribution in [2.45, 2.75) is 58.1 Å². The maximum atomic E-state index is 2.47. The zero-order valence-corrected chi connectivity index (χ0v) is 11.0. The van der Waals surface area contributed by atoms with Crippen LogP contribution in [-0.4, -0.2) is 5.25 Å². The molecule has 1 heteroatoms. The smallest absolute Gasteiger partial charge is 0.0188 e. The molecule has 2 atom stereocenters. The van der Waals surface area contributed by atoms with Gasteiger partial charge in [-0.1, -0.05) is 19.4 Å². The van der Waals surface area contributed by atoms with Gasteiger partial charge in [-0.3, -0.25) is 0 Å². The highest BCUT2D eigenvalue weighted by molar-refractivity contribution is 8.04. The van der Waals surface area contributed by atoms with Gasteiger partial charge in [-0.2, -0.15) is 0 Å². The molecule has 4 aliphatic rings. The fourth-order valence-electron chi connectivity index (χ4n) is 4.49. The van der Waals surface area contributed by atoms with Gasteiger partial charge in [-0.15, -0.1) is 11.8 Å². The second-order valence-corrected chi connectivity index (χ2v) is 7.42. The molecule has 3 fully saturated rings. The van der Waals surface area contributed by atoms with Gasteiger partial charge >= 0.3 is 0 Å². The predicted octanol–water partition coefficient (Wildman–Crippen LogP) is 4.61. The number of thioether (sulfide) groups is 1. The highest BCUT2D eigenvalue weighted by atomic mass is 32.2. The first-order valence-corrected chi connectivity index (χ1v) is 7.40. The van der Waals surface area contributed by atoms with Crippen LogP contribution in [0.3, 0.4) is 0 Å². The Balaban J connectivity index is 1.95. The van der Waals surface area contributed by atoms with Gasteiger partial charge < -0.3 is 0 Å². The Morgan fingerprint density at radius 2 is 2.07 bits per heavy atom. The van der Waals surface area contributed by atoms with Gasteiger partial charge in [0.2, 0.25) is 0 Å². The van der Waals surface area contributed by atoms with E-state index in [4.69, 9.17) is 0 Å². The molecular weight excluding hydrogens is 200 g/mol. The van der Waals surface area contributed by atoms with E-state index in [1.54, 1.807) is 4.91 Å². The van der Waals surface area contributed by atoms with Gasteiger partial charge in [0.25, 0.3) is 0 Å². The summed E-state index contributed by atoms with van der Waals surface area (Å²) >= 11 is 2.22. The van der Waals surface area contributed by atoms with Crippen LogP contribution in [0.15, 0.2) is 10.5 Å². The number of rotatable bonds is 1. The minimum atomic E-state index is 0.679. The van der Waals surface area contributed by atoms with Crippen LogP contribution in [-0.2, 0) is 0 Å². The highest BCUT2D eigenvalue weighted by Crippen LogP contribution is 2.67. The molecule has 1 heterocycles. The number of hydrogen-bond acceptors (Lipinski definition) is 1. The molecule has 3 saturated carbocycles. The summed E-state index contributed by atoms with van der Waals surface area (Å²) in [7, 11) is 0. The summed E-state index contributed by atoms with van der Waals surface area (Å²) in [6.07, 6.45) is 7.33. The van der Waals surface area contributed by atoms with Gasteiger partial charge in [0, 0.05) is 10.7 Å². The quantitative estimate of drug-likeness (QED) is 0.624. The van der Waals surface area contributed by atoms with Crippen LogP contribution in [0.25, 0.3) is 0 Å². The van der Waals surface area contributed by atoms with Crippen molar-refractivity contribution in [3.05, 3.63) is 10.5 Å². The SMILES string of the molecule is CCC1=C(C)SC2CC(C)CC3CC12C3. The summed E-state index contributed by atoms with van der Waals surface area (Å²) in [6.45, 7) is 7.19. The molecule has 0 radical (unpaired) electrons. The topological polar surface area (TPSA) is 0 Å². The third kappa shape index (κ3) is 1.28. The summed E-state index contributed by atoms with van der Waals surface area (Å²) in [5.41, 5.74) is 2.52. The lowest BCUT2D eigenvalue weighted by atomic mass is 9.57. The average molecular weight is 222 g/mol. The van der Waals surface area contributed by atoms with E-state index in [1.807, 2.05) is 5.57 Å². The molecule has 15 heavy (non-hydrogen) atoms. The Kier molecular flexibility index (Phi) is 2.25.